The van der Waals surface area contributed by atoms with Gasteiger partial charge >= 0.3 is 0 Å². The first kappa shape index (κ1) is 13.1. The maximum absolute atomic E-state index is 11.7. The largest absolute Gasteiger partial charge is 0.353 e. The lowest BCUT2D eigenvalue weighted by atomic mass is 9.86. The van der Waals surface area contributed by atoms with E-state index in [4.69, 9.17) is 0 Å². The SMILES string of the molecule is CC(C)(C)c1ccc(C[C@H]2NCCNC2=O)cc1. The number of benzene rings is 1. The van der Waals surface area contributed by atoms with E-state index >= 15 is 0 Å². The van der Waals surface area contributed by atoms with Gasteiger partial charge in [0.15, 0.2) is 0 Å². The lowest BCUT2D eigenvalue weighted by Crippen LogP contribution is -2.53. The van der Waals surface area contributed by atoms with E-state index in [2.05, 4.69) is 55.7 Å². The summed E-state index contributed by atoms with van der Waals surface area (Å²) in [6.45, 7) is 8.21. The molecule has 1 aromatic rings. The standard InChI is InChI=1S/C15H22N2O/c1-15(2,3)12-6-4-11(5-7-12)10-13-14(18)17-9-8-16-13/h4-7,13,16H,8-10H2,1-3H3,(H,17,18)/t13-/m1/s1. The molecule has 0 unspecified atom stereocenters. The first-order valence-corrected chi connectivity index (χ1v) is 6.57. The molecule has 1 fully saturated rings. The van der Waals surface area contributed by atoms with Crippen molar-refractivity contribution in [2.45, 2.75) is 38.6 Å². The molecule has 1 atom stereocenters. The molecule has 2 rings (SSSR count). The fraction of sp³-hybridized carbons (Fsp3) is 0.533. The molecule has 1 aliphatic heterocycles. The summed E-state index contributed by atoms with van der Waals surface area (Å²) in [5.74, 6) is 0.112. The first-order chi connectivity index (χ1) is 8.47. The highest BCUT2D eigenvalue weighted by Crippen LogP contribution is 2.22. The molecule has 0 saturated carbocycles. The quantitative estimate of drug-likeness (QED) is 0.832. The fourth-order valence-electron chi connectivity index (χ4n) is 2.19. The van der Waals surface area contributed by atoms with Gasteiger partial charge in [0.25, 0.3) is 0 Å². The number of hydrogen-bond acceptors (Lipinski definition) is 2. The molecule has 0 spiro atoms. The number of amides is 1. The van der Waals surface area contributed by atoms with Gasteiger partial charge in [-0.2, -0.15) is 0 Å². The van der Waals surface area contributed by atoms with Gasteiger partial charge in [-0.05, 0) is 23.0 Å². The van der Waals surface area contributed by atoms with Gasteiger partial charge < -0.3 is 10.6 Å². The van der Waals surface area contributed by atoms with Crippen LogP contribution in [0.2, 0.25) is 0 Å². The molecular weight excluding hydrogens is 224 g/mol. The zero-order chi connectivity index (χ0) is 13.2. The van der Waals surface area contributed by atoms with Crippen molar-refractivity contribution >= 4 is 5.91 Å². The van der Waals surface area contributed by atoms with Crippen LogP contribution < -0.4 is 10.6 Å². The van der Waals surface area contributed by atoms with Crippen LogP contribution in [0.1, 0.15) is 31.9 Å². The maximum Gasteiger partial charge on any atom is 0.237 e. The van der Waals surface area contributed by atoms with Crippen molar-refractivity contribution in [1.29, 1.82) is 0 Å². The third-order valence-electron chi connectivity index (χ3n) is 3.39. The zero-order valence-electron chi connectivity index (χ0n) is 11.4. The smallest absolute Gasteiger partial charge is 0.237 e. The van der Waals surface area contributed by atoms with Gasteiger partial charge in [-0.3, -0.25) is 4.79 Å². The van der Waals surface area contributed by atoms with E-state index in [1.165, 1.54) is 11.1 Å². The average molecular weight is 246 g/mol. The molecule has 3 nitrogen and oxygen atoms in total. The van der Waals surface area contributed by atoms with Gasteiger partial charge in [-0.1, -0.05) is 45.0 Å². The van der Waals surface area contributed by atoms with E-state index in [0.717, 1.165) is 19.5 Å². The molecular formula is C15H22N2O. The summed E-state index contributed by atoms with van der Waals surface area (Å²) in [6, 6.07) is 8.50. The van der Waals surface area contributed by atoms with Gasteiger partial charge in [-0.15, -0.1) is 0 Å². The third kappa shape index (κ3) is 3.10. The van der Waals surface area contributed by atoms with Crippen LogP contribution in [-0.2, 0) is 16.6 Å². The van der Waals surface area contributed by atoms with Gasteiger partial charge in [0.2, 0.25) is 5.91 Å². The molecule has 0 aromatic heterocycles. The van der Waals surface area contributed by atoms with Crippen molar-refractivity contribution in [2.24, 2.45) is 0 Å². The molecule has 1 heterocycles. The molecule has 3 heteroatoms. The van der Waals surface area contributed by atoms with Gasteiger partial charge in [-0.25, -0.2) is 0 Å². The van der Waals surface area contributed by atoms with E-state index in [1.54, 1.807) is 0 Å². The van der Waals surface area contributed by atoms with Crippen molar-refractivity contribution in [3.8, 4) is 0 Å². The molecule has 1 aliphatic rings. The van der Waals surface area contributed by atoms with Crippen molar-refractivity contribution in [3.05, 3.63) is 35.4 Å². The Hall–Kier alpha value is -1.35. The Morgan fingerprint density at radius 2 is 1.83 bits per heavy atom. The lowest BCUT2D eigenvalue weighted by Gasteiger charge is -2.24. The van der Waals surface area contributed by atoms with E-state index < -0.39 is 0 Å². The van der Waals surface area contributed by atoms with Crippen LogP contribution in [-0.4, -0.2) is 25.0 Å². The summed E-state index contributed by atoms with van der Waals surface area (Å²) < 4.78 is 0. The molecule has 2 N–H and O–H groups in total. The van der Waals surface area contributed by atoms with Gasteiger partial charge in [0.05, 0.1) is 6.04 Å². The second kappa shape index (κ2) is 5.11. The second-order valence-corrected chi connectivity index (χ2v) is 5.95. The Labute approximate surface area is 109 Å². The summed E-state index contributed by atoms with van der Waals surface area (Å²) in [5.41, 5.74) is 2.71. The van der Waals surface area contributed by atoms with Crippen LogP contribution in [0.15, 0.2) is 24.3 Å². The number of carbonyl (C=O) groups excluding carboxylic acids is 1. The van der Waals surface area contributed by atoms with Crippen molar-refractivity contribution < 1.29 is 4.79 Å². The highest BCUT2D eigenvalue weighted by atomic mass is 16.2. The third-order valence-corrected chi connectivity index (χ3v) is 3.39. The Bertz CT molecular complexity index is 417. The van der Waals surface area contributed by atoms with E-state index in [0.29, 0.717) is 0 Å². The van der Waals surface area contributed by atoms with Crippen molar-refractivity contribution in [3.63, 3.8) is 0 Å². The van der Waals surface area contributed by atoms with Crippen LogP contribution in [0.5, 0.6) is 0 Å². The monoisotopic (exact) mass is 246 g/mol. The lowest BCUT2D eigenvalue weighted by molar-refractivity contribution is -0.124. The molecule has 0 bridgehead atoms. The predicted octanol–water partition coefficient (Wildman–Crippen LogP) is 1.61. The second-order valence-electron chi connectivity index (χ2n) is 5.95. The number of piperazine rings is 1. The Balaban J connectivity index is 2.04. The van der Waals surface area contributed by atoms with Crippen LogP contribution in [0, 0.1) is 0 Å². The van der Waals surface area contributed by atoms with Crippen molar-refractivity contribution in [1.82, 2.24) is 10.6 Å². The fourth-order valence-corrected chi connectivity index (χ4v) is 2.19. The zero-order valence-corrected chi connectivity index (χ0v) is 11.4. The topological polar surface area (TPSA) is 41.1 Å². The molecule has 1 amide bonds. The van der Waals surface area contributed by atoms with Crippen LogP contribution in [0.4, 0.5) is 0 Å². The molecule has 1 aromatic carbocycles. The molecule has 18 heavy (non-hydrogen) atoms. The number of carbonyl (C=O) groups is 1. The Morgan fingerprint density at radius 3 is 2.39 bits per heavy atom. The maximum atomic E-state index is 11.7. The Morgan fingerprint density at radius 1 is 1.17 bits per heavy atom. The summed E-state index contributed by atoms with van der Waals surface area (Å²) in [6.07, 6.45) is 0.760. The minimum Gasteiger partial charge on any atom is -0.353 e. The van der Waals surface area contributed by atoms with Crippen molar-refractivity contribution in [2.75, 3.05) is 13.1 Å². The molecule has 98 valence electrons. The minimum atomic E-state index is -0.0840. The summed E-state index contributed by atoms with van der Waals surface area (Å²) in [5, 5.41) is 6.14. The Kier molecular flexibility index (Phi) is 3.71. The molecule has 0 aliphatic carbocycles. The molecule has 1 saturated heterocycles. The van der Waals surface area contributed by atoms with Crippen LogP contribution >= 0.6 is 0 Å². The highest BCUT2D eigenvalue weighted by Gasteiger charge is 2.21. The number of hydrogen-bond donors (Lipinski definition) is 2. The number of nitrogens with one attached hydrogen (secondary N) is 2. The van der Waals surface area contributed by atoms with Gasteiger partial charge in [0, 0.05) is 13.1 Å². The average Bonchev–Trinajstić information content (AvgIpc) is 2.32. The first-order valence-electron chi connectivity index (χ1n) is 6.57. The van der Waals surface area contributed by atoms with Gasteiger partial charge in [0.1, 0.15) is 0 Å². The van der Waals surface area contributed by atoms with E-state index in [1.807, 2.05) is 0 Å². The molecule has 0 radical (unpaired) electrons. The summed E-state index contributed by atoms with van der Waals surface area (Å²) >= 11 is 0. The van der Waals surface area contributed by atoms with Crippen LogP contribution in [0.25, 0.3) is 0 Å². The summed E-state index contributed by atoms with van der Waals surface area (Å²) in [7, 11) is 0. The van der Waals surface area contributed by atoms with E-state index in [9.17, 15) is 4.79 Å². The predicted molar refractivity (Wildman–Crippen MR) is 73.6 cm³/mol. The number of rotatable bonds is 2. The minimum absolute atomic E-state index is 0.0840. The summed E-state index contributed by atoms with van der Waals surface area (Å²) in [4.78, 5) is 11.7. The van der Waals surface area contributed by atoms with E-state index in [-0.39, 0.29) is 17.4 Å². The highest BCUT2D eigenvalue weighted by molar-refractivity contribution is 5.82. The normalized spacial score (nSPS) is 20.6. The van der Waals surface area contributed by atoms with Crippen LogP contribution in [0.3, 0.4) is 0 Å².